The van der Waals surface area contributed by atoms with Gasteiger partial charge in [0.05, 0.1) is 6.54 Å². The summed E-state index contributed by atoms with van der Waals surface area (Å²) in [6.07, 6.45) is 4.38. The average molecular weight is 475 g/mol. The summed E-state index contributed by atoms with van der Waals surface area (Å²) in [5.74, 6) is 0.328. The van der Waals surface area contributed by atoms with Crippen molar-refractivity contribution in [2.45, 2.75) is 26.8 Å². The molecule has 3 heterocycles. The molecule has 0 atom stereocenters. The van der Waals surface area contributed by atoms with Crippen molar-refractivity contribution in [3.05, 3.63) is 75.2 Å². The molecule has 3 aromatic heterocycles. The lowest BCUT2D eigenvalue weighted by molar-refractivity contribution is 0.303. The second-order valence-electron chi connectivity index (χ2n) is 8.29. The van der Waals surface area contributed by atoms with Gasteiger partial charge in [-0.1, -0.05) is 19.9 Å². The van der Waals surface area contributed by atoms with Gasteiger partial charge in [0.1, 0.15) is 0 Å². The summed E-state index contributed by atoms with van der Waals surface area (Å²) in [5, 5.41) is 11.9. The van der Waals surface area contributed by atoms with Crippen LogP contribution in [0.25, 0.3) is 22.6 Å². The number of fused-ring (bicyclic) bond motifs is 1. The fourth-order valence-electron chi connectivity index (χ4n) is 3.91. The summed E-state index contributed by atoms with van der Waals surface area (Å²) >= 11 is 0. The number of rotatable bonds is 10. The van der Waals surface area contributed by atoms with Gasteiger partial charge in [-0.2, -0.15) is 0 Å². The lowest BCUT2D eigenvalue weighted by Gasteiger charge is -2.17. The average Bonchev–Trinajstić information content (AvgIpc) is 2.90. The van der Waals surface area contributed by atoms with E-state index < -0.39 is 11.2 Å². The van der Waals surface area contributed by atoms with Gasteiger partial charge in [0.15, 0.2) is 17.0 Å². The molecule has 10 nitrogen and oxygen atoms in total. The highest BCUT2D eigenvalue weighted by molar-refractivity contribution is 5.71. The number of anilines is 1. The normalized spacial score (nSPS) is 11.3. The van der Waals surface area contributed by atoms with Gasteiger partial charge in [0.25, 0.3) is 5.56 Å². The molecule has 0 bridgehead atoms. The fraction of sp³-hybridized carbons (Fsp3) is 0.360. The van der Waals surface area contributed by atoms with E-state index in [1.54, 1.807) is 18.5 Å². The van der Waals surface area contributed by atoms with Gasteiger partial charge in [0, 0.05) is 37.2 Å². The Balaban J connectivity index is 1.57. The van der Waals surface area contributed by atoms with Crippen molar-refractivity contribution in [2.75, 3.05) is 31.5 Å². The van der Waals surface area contributed by atoms with Crippen LogP contribution in [0.4, 0.5) is 5.69 Å². The summed E-state index contributed by atoms with van der Waals surface area (Å²) in [6, 6.07) is 11.3. The van der Waals surface area contributed by atoms with E-state index in [4.69, 9.17) is 0 Å². The highest BCUT2D eigenvalue weighted by Gasteiger charge is 2.16. The third-order valence-electron chi connectivity index (χ3n) is 6.03. The first-order valence-electron chi connectivity index (χ1n) is 11.8. The first-order valence-corrected chi connectivity index (χ1v) is 11.8. The molecule has 10 heteroatoms. The monoisotopic (exact) mass is 474 g/mol. The molecule has 0 unspecified atom stereocenters. The number of hydrogen-bond acceptors (Lipinski definition) is 8. The van der Waals surface area contributed by atoms with Gasteiger partial charge < -0.3 is 10.2 Å². The molecule has 0 aliphatic carbocycles. The number of aromatic nitrogens is 6. The van der Waals surface area contributed by atoms with E-state index in [0.29, 0.717) is 5.82 Å². The first kappa shape index (κ1) is 24.2. The number of benzene rings is 1. The Morgan fingerprint density at radius 1 is 1.03 bits per heavy atom. The summed E-state index contributed by atoms with van der Waals surface area (Å²) in [7, 11) is 1.44. The van der Waals surface area contributed by atoms with E-state index in [9.17, 15) is 9.59 Å². The van der Waals surface area contributed by atoms with Crippen LogP contribution in [0.2, 0.25) is 0 Å². The third kappa shape index (κ3) is 5.43. The maximum atomic E-state index is 12.8. The lowest BCUT2D eigenvalue weighted by atomic mass is 10.2. The van der Waals surface area contributed by atoms with Crippen LogP contribution in [-0.4, -0.2) is 60.4 Å². The molecule has 0 radical (unpaired) electrons. The van der Waals surface area contributed by atoms with E-state index >= 15 is 0 Å². The SMILES string of the molecule is CCN(CC)CCCNc1ccc(-c2nnc3c(n2)c(=O)n(C)c(=O)n3Cc2cccnc2)cc1. The van der Waals surface area contributed by atoms with E-state index in [2.05, 4.69) is 44.2 Å². The predicted molar refractivity (Wildman–Crippen MR) is 137 cm³/mol. The molecule has 0 aliphatic heterocycles. The number of nitrogens with zero attached hydrogens (tertiary/aromatic N) is 7. The smallest absolute Gasteiger partial charge is 0.332 e. The topological polar surface area (TPSA) is 111 Å². The molecule has 0 amide bonds. The molecule has 0 saturated carbocycles. The molecule has 0 saturated heterocycles. The zero-order chi connectivity index (χ0) is 24.8. The highest BCUT2D eigenvalue weighted by Crippen LogP contribution is 2.18. The largest absolute Gasteiger partial charge is 0.385 e. The van der Waals surface area contributed by atoms with Crippen LogP contribution in [0.15, 0.2) is 58.4 Å². The van der Waals surface area contributed by atoms with Crippen LogP contribution in [0.1, 0.15) is 25.8 Å². The molecule has 0 fully saturated rings. The minimum absolute atomic E-state index is 0.0968. The number of hydrogen-bond donors (Lipinski definition) is 1. The molecule has 4 rings (SSSR count). The van der Waals surface area contributed by atoms with Gasteiger partial charge in [-0.3, -0.25) is 18.9 Å². The Kier molecular flexibility index (Phi) is 7.61. The molecule has 182 valence electrons. The molecule has 0 aliphatic rings. The summed E-state index contributed by atoms with van der Waals surface area (Å²) in [5.41, 5.74) is 1.81. The van der Waals surface area contributed by atoms with Crippen molar-refractivity contribution in [3.8, 4) is 11.4 Å². The van der Waals surface area contributed by atoms with Crippen LogP contribution < -0.4 is 16.6 Å². The van der Waals surface area contributed by atoms with Crippen LogP contribution in [0.3, 0.4) is 0 Å². The Morgan fingerprint density at radius 3 is 2.49 bits per heavy atom. The van der Waals surface area contributed by atoms with Gasteiger partial charge in [-0.05, 0) is 62.0 Å². The molecular weight excluding hydrogens is 444 g/mol. The Bertz CT molecular complexity index is 1390. The highest BCUT2D eigenvalue weighted by atomic mass is 16.2. The Morgan fingerprint density at radius 2 is 1.80 bits per heavy atom. The van der Waals surface area contributed by atoms with Crippen LogP contribution in [0, 0.1) is 0 Å². The fourth-order valence-corrected chi connectivity index (χ4v) is 3.91. The summed E-state index contributed by atoms with van der Waals surface area (Å²) in [4.78, 5) is 36.6. The van der Waals surface area contributed by atoms with Crippen molar-refractivity contribution in [2.24, 2.45) is 7.05 Å². The second-order valence-corrected chi connectivity index (χ2v) is 8.29. The first-order chi connectivity index (χ1) is 17.0. The second kappa shape index (κ2) is 11.0. The van der Waals surface area contributed by atoms with Crippen LogP contribution in [-0.2, 0) is 13.6 Å². The quantitative estimate of drug-likeness (QED) is 0.348. The molecule has 1 N–H and O–H groups in total. The Labute approximate surface area is 203 Å². The summed E-state index contributed by atoms with van der Waals surface area (Å²) in [6.45, 7) is 8.64. The number of pyridine rings is 1. The third-order valence-corrected chi connectivity index (χ3v) is 6.03. The van der Waals surface area contributed by atoms with Gasteiger partial charge in [-0.15, -0.1) is 10.2 Å². The van der Waals surface area contributed by atoms with Crippen LogP contribution >= 0.6 is 0 Å². The Hall–Kier alpha value is -3.92. The van der Waals surface area contributed by atoms with Crippen molar-refractivity contribution in [1.82, 2.24) is 34.2 Å². The number of nitrogens with one attached hydrogen (secondary N) is 1. The van der Waals surface area contributed by atoms with Gasteiger partial charge in [-0.25, -0.2) is 9.78 Å². The van der Waals surface area contributed by atoms with E-state index in [0.717, 1.165) is 54.0 Å². The zero-order valence-corrected chi connectivity index (χ0v) is 20.3. The lowest BCUT2D eigenvalue weighted by Crippen LogP contribution is -2.39. The maximum absolute atomic E-state index is 12.8. The standard InChI is InChI=1S/C25H30N8O2/c1-4-32(5-2)15-7-14-27-20-11-9-19(10-12-20)22-28-21-23(30-29-22)33(25(35)31(3)24(21)34)17-18-8-6-13-26-16-18/h6,8-13,16,27H,4-5,7,14-15,17H2,1-3H3. The predicted octanol–water partition coefficient (Wildman–Crippen LogP) is 2.14. The molecular formula is C25H30N8O2. The minimum atomic E-state index is -0.505. The van der Waals surface area contributed by atoms with Gasteiger partial charge >= 0.3 is 5.69 Å². The van der Waals surface area contributed by atoms with Crippen molar-refractivity contribution in [3.63, 3.8) is 0 Å². The van der Waals surface area contributed by atoms with Gasteiger partial charge in [0.2, 0.25) is 0 Å². The van der Waals surface area contributed by atoms with E-state index in [-0.39, 0.29) is 17.7 Å². The maximum Gasteiger partial charge on any atom is 0.332 e. The van der Waals surface area contributed by atoms with Crippen molar-refractivity contribution in [1.29, 1.82) is 0 Å². The molecule has 0 spiro atoms. The minimum Gasteiger partial charge on any atom is -0.385 e. The van der Waals surface area contributed by atoms with Crippen molar-refractivity contribution >= 4 is 16.9 Å². The summed E-state index contributed by atoms with van der Waals surface area (Å²) < 4.78 is 2.44. The molecule has 35 heavy (non-hydrogen) atoms. The zero-order valence-electron chi connectivity index (χ0n) is 20.3. The molecule has 1 aromatic carbocycles. The van der Waals surface area contributed by atoms with Crippen molar-refractivity contribution < 1.29 is 0 Å². The molecule has 4 aromatic rings. The van der Waals surface area contributed by atoms with E-state index in [1.807, 2.05) is 30.3 Å². The van der Waals surface area contributed by atoms with Crippen LogP contribution in [0.5, 0.6) is 0 Å². The van der Waals surface area contributed by atoms with E-state index in [1.165, 1.54) is 11.6 Å².